The van der Waals surface area contributed by atoms with Crippen molar-refractivity contribution in [2.75, 3.05) is 19.6 Å². The minimum atomic E-state index is 0.142. The lowest BCUT2D eigenvalue weighted by molar-refractivity contribution is 0.194. The van der Waals surface area contributed by atoms with Gasteiger partial charge >= 0.3 is 0 Å². The summed E-state index contributed by atoms with van der Waals surface area (Å²) in [7, 11) is 0. The molecule has 0 bridgehead atoms. The minimum absolute atomic E-state index is 0.142. The maximum atomic E-state index is 7.48. The molecule has 0 saturated carbocycles. The Hall–Kier alpha value is -0.940. The van der Waals surface area contributed by atoms with E-state index in [-0.39, 0.29) is 5.84 Å². The molecule has 1 aromatic rings. The Morgan fingerprint density at radius 1 is 1.50 bits per heavy atom. The molecule has 1 saturated heterocycles. The van der Waals surface area contributed by atoms with Gasteiger partial charge in [0.2, 0.25) is 0 Å². The first-order valence-corrected chi connectivity index (χ1v) is 7.41. The van der Waals surface area contributed by atoms with Crippen molar-refractivity contribution in [1.29, 1.82) is 5.41 Å². The molecule has 5 heteroatoms. The Labute approximate surface area is 113 Å². The number of likely N-dealkylation sites (tertiary alicyclic amines) is 1. The van der Waals surface area contributed by atoms with E-state index in [4.69, 9.17) is 11.1 Å². The van der Waals surface area contributed by atoms with Crippen LogP contribution in [-0.2, 0) is 6.42 Å². The molecular formula is C13H22N4S. The predicted octanol–water partition coefficient (Wildman–Crippen LogP) is 2.01. The van der Waals surface area contributed by atoms with Gasteiger partial charge in [-0.25, -0.2) is 4.98 Å². The first kappa shape index (κ1) is 13.5. The fourth-order valence-electron chi connectivity index (χ4n) is 2.35. The van der Waals surface area contributed by atoms with Gasteiger partial charge < -0.3 is 10.6 Å². The molecule has 2 heterocycles. The molecule has 1 aromatic heterocycles. The molecule has 1 aliphatic heterocycles. The normalized spacial score (nSPS) is 18.1. The van der Waals surface area contributed by atoms with Gasteiger partial charge in [0.25, 0.3) is 0 Å². The fourth-order valence-corrected chi connectivity index (χ4v) is 3.26. The molecule has 3 N–H and O–H groups in total. The number of hydrogen-bond acceptors (Lipinski definition) is 4. The summed E-state index contributed by atoms with van der Waals surface area (Å²) in [6, 6.07) is 0. The number of piperidine rings is 1. The van der Waals surface area contributed by atoms with Crippen molar-refractivity contribution in [1.82, 2.24) is 9.88 Å². The van der Waals surface area contributed by atoms with E-state index in [2.05, 4.69) is 16.8 Å². The summed E-state index contributed by atoms with van der Waals surface area (Å²) in [6.45, 7) is 7.77. The number of amidine groups is 1. The van der Waals surface area contributed by atoms with Gasteiger partial charge in [0.05, 0.1) is 15.6 Å². The maximum absolute atomic E-state index is 7.48. The number of hydrogen-bond donors (Lipinski definition) is 2. The minimum Gasteiger partial charge on any atom is -0.383 e. The van der Waals surface area contributed by atoms with Crippen LogP contribution < -0.4 is 5.73 Å². The Bertz CT molecular complexity index is 419. The highest BCUT2D eigenvalue weighted by molar-refractivity contribution is 7.13. The first-order chi connectivity index (χ1) is 8.56. The number of aromatic nitrogens is 1. The van der Waals surface area contributed by atoms with Gasteiger partial charge in [-0.2, -0.15) is 0 Å². The summed E-state index contributed by atoms with van der Waals surface area (Å²) in [5.74, 6) is 1.02. The van der Waals surface area contributed by atoms with E-state index in [1.54, 1.807) is 11.3 Å². The lowest BCUT2D eigenvalue weighted by Gasteiger charge is -2.29. The third-order valence-electron chi connectivity index (χ3n) is 3.60. The Balaban J connectivity index is 1.86. The number of nitrogens with zero attached hydrogens (tertiary/aromatic N) is 2. The summed E-state index contributed by atoms with van der Waals surface area (Å²) in [5.41, 5.74) is 6.42. The van der Waals surface area contributed by atoms with Crippen molar-refractivity contribution in [2.45, 2.75) is 33.1 Å². The van der Waals surface area contributed by atoms with E-state index >= 15 is 0 Å². The average molecular weight is 266 g/mol. The quantitative estimate of drug-likeness (QED) is 0.647. The van der Waals surface area contributed by atoms with Crippen molar-refractivity contribution in [3.8, 4) is 0 Å². The van der Waals surface area contributed by atoms with Gasteiger partial charge in [-0.1, -0.05) is 6.92 Å². The number of rotatable bonds is 4. The fraction of sp³-hybridized carbons (Fsp3) is 0.692. The number of nitrogens with two attached hydrogens (primary N) is 1. The van der Waals surface area contributed by atoms with Crippen molar-refractivity contribution in [2.24, 2.45) is 11.7 Å². The molecule has 0 aliphatic carbocycles. The SMILES string of the molecule is Cc1nc(CCN2CCC(C)CC2)sc1C(=N)N. The third kappa shape index (κ3) is 3.29. The average Bonchev–Trinajstić information content (AvgIpc) is 2.70. The molecule has 0 radical (unpaired) electrons. The lowest BCUT2D eigenvalue weighted by atomic mass is 9.99. The van der Waals surface area contributed by atoms with Crippen molar-refractivity contribution >= 4 is 17.2 Å². The first-order valence-electron chi connectivity index (χ1n) is 6.59. The zero-order valence-electron chi connectivity index (χ0n) is 11.2. The zero-order valence-corrected chi connectivity index (χ0v) is 12.0. The van der Waals surface area contributed by atoms with Gasteiger partial charge in [-0.15, -0.1) is 11.3 Å². The predicted molar refractivity (Wildman–Crippen MR) is 76.4 cm³/mol. The summed E-state index contributed by atoms with van der Waals surface area (Å²) in [5, 5.41) is 8.59. The molecule has 0 unspecified atom stereocenters. The van der Waals surface area contributed by atoms with E-state index in [9.17, 15) is 0 Å². The number of thiazole rings is 1. The topological polar surface area (TPSA) is 66.0 Å². The van der Waals surface area contributed by atoms with Crippen LogP contribution in [0.3, 0.4) is 0 Å². The van der Waals surface area contributed by atoms with Crippen molar-refractivity contribution in [3.05, 3.63) is 15.6 Å². The van der Waals surface area contributed by atoms with Gasteiger partial charge in [0.1, 0.15) is 5.84 Å². The maximum Gasteiger partial charge on any atom is 0.135 e. The summed E-state index contributed by atoms with van der Waals surface area (Å²) >= 11 is 1.57. The van der Waals surface area contributed by atoms with Gasteiger partial charge in [0, 0.05) is 13.0 Å². The lowest BCUT2D eigenvalue weighted by Crippen LogP contribution is -2.34. The van der Waals surface area contributed by atoms with E-state index in [0.29, 0.717) is 0 Å². The van der Waals surface area contributed by atoms with Crippen LogP contribution in [0.25, 0.3) is 0 Å². The molecule has 0 aromatic carbocycles. The second-order valence-electron chi connectivity index (χ2n) is 5.21. The number of aryl methyl sites for hydroxylation is 1. The van der Waals surface area contributed by atoms with E-state index in [1.807, 2.05) is 6.92 Å². The highest BCUT2D eigenvalue weighted by Gasteiger charge is 2.16. The smallest absolute Gasteiger partial charge is 0.135 e. The standard InChI is InChI=1S/C13H22N4S/c1-9-3-6-17(7-4-9)8-5-11-16-10(2)12(18-11)13(14)15/h9H,3-8H2,1-2H3,(H3,14,15). The highest BCUT2D eigenvalue weighted by Crippen LogP contribution is 2.20. The van der Waals surface area contributed by atoms with Crippen LogP contribution in [0.15, 0.2) is 0 Å². The molecule has 1 fully saturated rings. The van der Waals surface area contributed by atoms with Crippen LogP contribution in [0.1, 0.15) is 35.3 Å². The van der Waals surface area contributed by atoms with Gasteiger partial charge in [-0.3, -0.25) is 5.41 Å². The molecule has 100 valence electrons. The van der Waals surface area contributed by atoms with Crippen LogP contribution in [-0.4, -0.2) is 35.4 Å². The molecule has 2 rings (SSSR count). The molecule has 0 atom stereocenters. The van der Waals surface area contributed by atoms with Gasteiger partial charge in [0.15, 0.2) is 0 Å². The Kier molecular flexibility index (Phi) is 4.35. The van der Waals surface area contributed by atoms with E-state index in [0.717, 1.165) is 34.5 Å². The molecule has 4 nitrogen and oxygen atoms in total. The Morgan fingerprint density at radius 2 is 2.17 bits per heavy atom. The van der Waals surface area contributed by atoms with Crippen LogP contribution in [0.2, 0.25) is 0 Å². The second-order valence-corrected chi connectivity index (χ2v) is 6.29. The van der Waals surface area contributed by atoms with Gasteiger partial charge in [-0.05, 0) is 38.8 Å². The largest absolute Gasteiger partial charge is 0.383 e. The molecular weight excluding hydrogens is 244 g/mol. The van der Waals surface area contributed by atoms with E-state index in [1.165, 1.54) is 25.9 Å². The van der Waals surface area contributed by atoms with Crippen LogP contribution in [0.5, 0.6) is 0 Å². The van der Waals surface area contributed by atoms with Crippen LogP contribution >= 0.6 is 11.3 Å². The molecule has 0 amide bonds. The monoisotopic (exact) mass is 266 g/mol. The summed E-state index contributed by atoms with van der Waals surface area (Å²) in [6.07, 6.45) is 3.61. The van der Waals surface area contributed by atoms with E-state index < -0.39 is 0 Å². The highest BCUT2D eigenvalue weighted by atomic mass is 32.1. The number of nitrogen functional groups attached to an aromatic ring is 1. The Morgan fingerprint density at radius 3 is 2.72 bits per heavy atom. The summed E-state index contributed by atoms with van der Waals surface area (Å²) < 4.78 is 0. The second kappa shape index (κ2) is 5.80. The van der Waals surface area contributed by atoms with Crippen LogP contribution in [0.4, 0.5) is 0 Å². The summed E-state index contributed by atoms with van der Waals surface area (Å²) in [4.78, 5) is 7.85. The van der Waals surface area contributed by atoms with Crippen molar-refractivity contribution < 1.29 is 0 Å². The third-order valence-corrected chi connectivity index (χ3v) is 4.85. The van der Waals surface area contributed by atoms with Crippen LogP contribution in [0, 0.1) is 18.3 Å². The molecule has 0 spiro atoms. The van der Waals surface area contributed by atoms with Crippen molar-refractivity contribution in [3.63, 3.8) is 0 Å². The molecule has 18 heavy (non-hydrogen) atoms. The zero-order chi connectivity index (χ0) is 13.1. The molecule has 1 aliphatic rings. The number of nitrogens with one attached hydrogen (secondary N) is 1.